The molecule has 0 aromatic heterocycles. The van der Waals surface area contributed by atoms with Gasteiger partial charge in [-0.2, -0.15) is 0 Å². The van der Waals surface area contributed by atoms with Crippen LogP contribution in [0.15, 0.2) is 0 Å². The summed E-state index contributed by atoms with van der Waals surface area (Å²) in [6.45, 7) is 5.39. The van der Waals surface area contributed by atoms with E-state index in [1.54, 1.807) is 12.0 Å². The van der Waals surface area contributed by atoms with Gasteiger partial charge in [-0.05, 0) is 12.8 Å². The van der Waals surface area contributed by atoms with Crippen LogP contribution in [0, 0.1) is 5.92 Å². The average Bonchev–Trinajstić information content (AvgIpc) is 2.39. The summed E-state index contributed by atoms with van der Waals surface area (Å²) in [7, 11) is 2.95. The highest BCUT2D eigenvalue weighted by Gasteiger charge is 2.21. The molecule has 106 valence electrons. The van der Waals surface area contributed by atoms with E-state index in [4.69, 9.17) is 4.74 Å². The van der Waals surface area contributed by atoms with Crippen LogP contribution in [0.5, 0.6) is 0 Å². The minimum atomic E-state index is -0.297. The molecule has 0 bridgehead atoms. The fourth-order valence-electron chi connectivity index (χ4n) is 1.76. The smallest absolute Gasteiger partial charge is 0.307 e. The van der Waals surface area contributed by atoms with Gasteiger partial charge in [0.2, 0.25) is 5.91 Å². The highest BCUT2D eigenvalue weighted by Crippen LogP contribution is 2.12. The van der Waals surface area contributed by atoms with Crippen LogP contribution < -0.4 is 0 Å². The van der Waals surface area contributed by atoms with Gasteiger partial charge in [-0.25, -0.2) is 0 Å². The first-order valence-corrected chi connectivity index (χ1v) is 6.45. The maximum absolute atomic E-state index is 12.2. The second kappa shape index (κ2) is 9.88. The Bertz CT molecular complexity index is 251. The van der Waals surface area contributed by atoms with E-state index in [9.17, 15) is 9.59 Å². The number of hydrogen-bond acceptors (Lipinski definition) is 4. The molecule has 5 heteroatoms. The van der Waals surface area contributed by atoms with Crippen LogP contribution in [0.25, 0.3) is 0 Å². The molecule has 0 aromatic rings. The zero-order valence-electron chi connectivity index (χ0n) is 11.9. The zero-order valence-corrected chi connectivity index (χ0v) is 11.9. The first-order valence-electron chi connectivity index (χ1n) is 6.45. The van der Waals surface area contributed by atoms with Crippen molar-refractivity contribution < 1.29 is 19.1 Å². The molecule has 0 saturated carbocycles. The predicted molar refractivity (Wildman–Crippen MR) is 69.2 cm³/mol. The van der Waals surface area contributed by atoms with Crippen molar-refractivity contribution in [2.45, 2.75) is 33.1 Å². The molecule has 1 amide bonds. The lowest BCUT2D eigenvalue weighted by molar-refractivity contribution is -0.142. The molecule has 0 aliphatic heterocycles. The van der Waals surface area contributed by atoms with Crippen LogP contribution in [0.1, 0.15) is 33.1 Å². The Balaban J connectivity index is 4.45. The van der Waals surface area contributed by atoms with Gasteiger partial charge in [0, 0.05) is 26.1 Å². The lowest BCUT2D eigenvalue weighted by Crippen LogP contribution is -2.39. The van der Waals surface area contributed by atoms with E-state index in [2.05, 4.69) is 4.74 Å². The van der Waals surface area contributed by atoms with Gasteiger partial charge in [0.1, 0.15) is 0 Å². The van der Waals surface area contributed by atoms with Crippen LogP contribution in [0.3, 0.4) is 0 Å². The maximum atomic E-state index is 12.2. The van der Waals surface area contributed by atoms with Crippen molar-refractivity contribution >= 4 is 11.9 Å². The molecule has 5 nitrogen and oxygen atoms in total. The van der Waals surface area contributed by atoms with E-state index in [-0.39, 0.29) is 24.2 Å². The van der Waals surface area contributed by atoms with Crippen molar-refractivity contribution in [3.8, 4) is 0 Å². The Morgan fingerprint density at radius 3 is 2.17 bits per heavy atom. The molecule has 0 spiro atoms. The van der Waals surface area contributed by atoms with E-state index in [1.807, 2.05) is 13.8 Å². The number of esters is 1. The van der Waals surface area contributed by atoms with Crippen LogP contribution in [-0.4, -0.2) is 50.7 Å². The Morgan fingerprint density at radius 1 is 1.11 bits per heavy atom. The molecule has 0 heterocycles. The molecular formula is C13H25NO4. The molecule has 0 unspecified atom stereocenters. The highest BCUT2D eigenvalue weighted by molar-refractivity contribution is 5.79. The van der Waals surface area contributed by atoms with Gasteiger partial charge in [0.25, 0.3) is 0 Å². The molecule has 0 atom stereocenters. The molecule has 0 radical (unpaired) electrons. The summed E-state index contributed by atoms with van der Waals surface area (Å²) in [5.41, 5.74) is 0. The number of methoxy groups -OCH3 is 2. The first-order chi connectivity index (χ1) is 8.60. The largest absolute Gasteiger partial charge is 0.469 e. The fourth-order valence-corrected chi connectivity index (χ4v) is 1.76. The summed E-state index contributed by atoms with van der Waals surface area (Å²) in [5, 5.41) is 0. The quantitative estimate of drug-likeness (QED) is 0.588. The Labute approximate surface area is 109 Å². The number of amides is 1. The van der Waals surface area contributed by atoms with Gasteiger partial charge in [-0.1, -0.05) is 13.8 Å². The van der Waals surface area contributed by atoms with Crippen molar-refractivity contribution in [2.75, 3.05) is 33.9 Å². The third-order valence-electron chi connectivity index (χ3n) is 3.03. The zero-order chi connectivity index (χ0) is 14.0. The number of rotatable bonds is 9. The third-order valence-corrected chi connectivity index (χ3v) is 3.03. The molecule has 0 rings (SSSR count). The van der Waals surface area contributed by atoms with Crippen molar-refractivity contribution in [2.24, 2.45) is 5.92 Å². The normalized spacial score (nSPS) is 10.5. The summed E-state index contributed by atoms with van der Waals surface area (Å²) >= 11 is 0. The summed E-state index contributed by atoms with van der Waals surface area (Å²) in [6, 6.07) is 0. The molecule has 0 saturated heterocycles. The van der Waals surface area contributed by atoms with Crippen molar-refractivity contribution in [3.05, 3.63) is 0 Å². The molecule has 0 aliphatic carbocycles. The van der Waals surface area contributed by atoms with Crippen LogP contribution in [0.4, 0.5) is 0 Å². The summed E-state index contributed by atoms with van der Waals surface area (Å²) in [5.74, 6) is -0.171. The summed E-state index contributed by atoms with van der Waals surface area (Å²) in [4.78, 5) is 25.1. The standard InChI is InChI=1S/C13H25NO4/c1-5-11(6-2)13(16)14(9-10-17-3)8-7-12(15)18-4/h11H,5-10H2,1-4H3. The predicted octanol–water partition coefficient (Wildman–Crippen LogP) is 1.46. The van der Waals surface area contributed by atoms with Crippen LogP contribution in [-0.2, 0) is 19.1 Å². The van der Waals surface area contributed by atoms with Crippen LogP contribution in [0.2, 0.25) is 0 Å². The van der Waals surface area contributed by atoms with Crippen molar-refractivity contribution in [1.82, 2.24) is 4.90 Å². The van der Waals surface area contributed by atoms with Gasteiger partial charge < -0.3 is 14.4 Å². The lowest BCUT2D eigenvalue weighted by Gasteiger charge is -2.26. The van der Waals surface area contributed by atoms with Crippen molar-refractivity contribution in [3.63, 3.8) is 0 Å². The molecule has 0 aliphatic rings. The SMILES string of the molecule is CCC(CC)C(=O)N(CCOC)CCC(=O)OC. The molecule has 0 N–H and O–H groups in total. The van der Waals surface area contributed by atoms with Gasteiger partial charge in [-0.15, -0.1) is 0 Å². The van der Waals surface area contributed by atoms with E-state index < -0.39 is 0 Å². The second-order valence-corrected chi connectivity index (χ2v) is 4.16. The topological polar surface area (TPSA) is 55.8 Å². The summed E-state index contributed by atoms with van der Waals surface area (Å²) in [6.07, 6.45) is 1.86. The third kappa shape index (κ3) is 6.00. The summed E-state index contributed by atoms with van der Waals surface area (Å²) < 4.78 is 9.58. The average molecular weight is 259 g/mol. The van der Waals surface area contributed by atoms with Gasteiger partial charge in [0.15, 0.2) is 0 Å². The number of ether oxygens (including phenoxy) is 2. The van der Waals surface area contributed by atoms with Gasteiger partial charge in [-0.3, -0.25) is 9.59 Å². The number of carbonyl (C=O) groups is 2. The molecule has 0 fully saturated rings. The van der Waals surface area contributed by atoms with E-state index in [0.29, 0.717) is 19.7 Å². The van der Waals surface area contributed by atoms with E-state index >= 15 is 0 Å². The molecular weight excluding hydrogens is 234 g/mol. The minimum absolute atomic E-state index is 0.0273. The Kier molecular flexibility index (Phi) is 9.28. The Hall–Kier alpha value is -1.10. The minimum Gasteiger partial charge on any atom is -0.469 e. The molecule has 18 heavy (non-hydrogen) atoms. The maximum Gasteiger partial charge on any atom is 0.307 e. The number of hydrogen-bond donors (Lipinski definition) is 0. The fraction of sp³-hybridized carbons (Fsp3) is 0.846. The van der Waals surface area contributed by atoms with Gasteiger partial charge in [0.05, 0.1) is 20.1 Å². The second-order valence-electron chi connectivity index (χ2n) is 4.16. The lowest BCUT2D eigenvalue weighted by atomic mass is 10.0. The number of nitrogens with zero attached hydrogens (tertiary/aromatic N) is 1. The monoisotopic (exact) mass is 259 g/mol. The van der Waals surface area contributed by atoms with Crippen LogP contribution >= 0.6 is 0 Å². The van der Waals surface area contributed by atoms with Crippen molar-refractivity contribution in [1.29, 1.82) is 0 Å². The first kappa shape index (κ1) is 16.9. The Morgan fingerprint density at radius 2 is 1.72 bits per heavy atom. The van der Waals surface area contributed by atoms with E-state index in [0.717, 1.165) is 12.8 Å². The van der Waals surface area contributed by atoms with Gasteiger partial charge >= 0.3 is 5.97 Å². The highest BCUT2D eigenvalue weighted by atomic mass is 16.5. The molecule has 0 aromatic carbocycles. The number of carbonyl (C=O) groups excluding carboxylic acids is 2. The van der Waals surface area contributed by atoms with E-state index in [1.165, 1.54) is 7.11 Å².